The molecule has 4 rings (SSSR count). The number of hydrogen-bond donors (Lipinski definition) is 0. The topological polar surface area (TPSA) is 49.2 Å². The largest absolute Gasteiger partial charge is 0.495 e. The summed E-state index contributed by atoms with van der Waals surface area (Å²) in [6.45, 7) is 6.64. The van der Waals surface area contributed by atoms with Crippen LogP contribution in [0.25, 0.3) is 16.9 Å². The number of halogens is 1. The monoisotopic (exact) mass is 383 g/mol. The lowest BCUT2D eigenvalue weighted by Crippen LogP contribution is -2.21. The minimum Gasteiger partial charge on any atom is -0.495 e. The van der Waals surface area contributed by atoms with Crippen molar-refractivity contribution in [2.75, 3.05) is 7.11 Å². The summed E-state index contributed by atoms with van der Waals surface area (Å²) < 4.78 is 13.3. The summed E-state index contributed by atoms with van der Waals surface area (Å²) in [4.78, 5) is 4.48. The van der Waals surface area contributed by atoms with Gasteiger partial charge >= 0.3 is 0 Å². The summed E-state index contributed by atoms with van der Waals surface area (Å²) in [6.07, 6.45) is 0.951. The first-order valence-corrected chi connectivity index (χ1v) is 9.36. The van der Waals surface area contributed by atoms with Crippen molar-refractivity contribution in [1.29, 1.82) is 0 Å². The highest BCUT2D eigenvalue weighted by Gasteiger charge is 2.26. The molecule has 3 aromatic rings. The molecule has 0 saturated carbocycles. The van der Waals surface area contributed by atoms with E-state index in [0.29, 0.717) is 17.4 Å². The summed E-state index contributed by atoms with van der Waals surface area (Å²) in [5.41, 5.74) is 7.19. The van der Waals surface area contributed by atoms with E-state index in [0.717, 1.165) is 40.3 Å². The van der Waals surface area contributed by atoms with Gasteiger partial charge in [0.25, 0.3) is 0 Å². The molecule has 1 aromatic carbocycles. The fourth-order valence-corrected chi connectivity index (χ4v) is 3.80. The van der Waals surface area contributed by atoms with Crippen molar-refractivity contribution in [3.05, 3.63) is 58.0 Å². The van der Waals surface area contributed by atoms with Gasteiger partial charge in [-0.1, -0.05) is 11.6 Å². The highest BCUT2D eigenvalue weighted by atomic mass is 35.5. The van der Waals surface area contributed by atoms with Gasteiger partial charge in [-0.3, -0.25) is 4.98 Å². The van der Waals surface area contributed by atoms with Crippen molar-refractivity contribution in [2.24, 2.45) is 0 Å². The molecule has 5 nitrogen and oxygen atoms in total. The minimum absolute atomic E-state index is 0.149. The van der Waals surface area contributed by atoms with Crippen molar-refractivity contribution in [2.45, 2.75) is 39.9 Å². The predicted octanol–water partition coefficient (Wildman–Crippen LogP) is 4.67. The summed E-state index contributed by atoms with van der Waals surface area (Å²) in [5.74, 6) is 0.635. The maximum absolute atomic E-state index is 6.20. The predicted molar refractivity (Wildman–Crippen MR) is 106 cm³/mol. The molecular formula is C21H22ClN3O2. The SMILES string of the molecule is COc1cc(-n2nc(-c3cc(C)nc(C)c3)c3c2CC(C)OC3)ccc1Cl. The molecule has 6 heteroatoms. The third-order valence-electron chi connectivity index (χ3n) is 4.82. The zero-order valence-electron chi connectivity index (χ0n) is 15.9. The van der Waals surface area contributed by atoms with Crippen LogP contribution in [0.15, 0.2) is 30.3 Å². The molecule has 0 spiro atoms. The van der Waals surface area contributed by atoms with Crippen LogP contribution in [-0.2, 0) is 17.8 Å². The number of benzene rings is 1. The van der Waals surface area contributed by atoms with Crippen LogP contribution in [0.5, 0.6) is 5.75 Å². The molecule has 0 bridgehead atoms. The third kappa shape index (κ3) is 3.33. The molecule has 0 fully saturated rings. The summed E-state index contributed by atoms with van der Waals surface area (Å²) in [5, 5.41) is 5.55. The number of nitrogens with zero attached hydrogens (tertiary/aromatic N) is 3. The Kier molecular flexibility index (Phi) is 4.66. The zero-order valence-corrected chi connectivity index (χ0v) is 16.7. The minimum atomic E-state index is 0.149. The van der Waals surface area contributed by atoms with E-state index in [4.69, 9.17) is 26.2 Å². The molecule has 3 heterocycles. The lowest BCUT2D eigenvalue weighted by Gasteiger charge is -2.21. The van der Waals surface area contributed by atoms with Gasteiger partial charge in [-0.05, 0) is 45.0 Å². The van der Waals surface area contributed by atoms with Gasteiger partial charge in [-0.25, -0.2) is 4.68 Å². The van der Waals surface area contributed by atoms with E-state index in [2.05, 4.69) is 24.0 Å². The van der Waals surface area contributed by atoms with Gasteiger partial charge < -0.3 is 9.47 Å². The first-order chi connectivity index (χ1) is 13.0. The first kappa shape index (κ1) is 18.0. The number of fused-ring (bicyclic) bond motifs is 1. The summed E-state index contributed by atoms with van der Waals surface area (Å²) >= 11 is 6.20. The van der Waals surface area contributed by atoms with E-state index < -0.39 is 0 Å². The number of aromatic nitrogens is 3. The molecule has 27 heavy (non-hydrogen) atoms. The molecule has 0 radical (unpaired) electrons. The number of methoxy groups -OCH3 is 1. The van der Waals surface area contributed by atoms with Gasteiger partial charge in [0.15, 0.2) is 0 Å². The van der Waals surface area contributed by atoms with E-state index in [-0.39, 0.29) is 6.10 Å². The van der Waals surface area contributed by atoms with Crippen LogP contribution >= 0.6 is 11.6 Å². The van der Waals surface area contributed by atoms with Crippen LogP contribution in [0.4, 0.5) is 0 Å². The van der Waals surface area contributed by atoms with Gasteiger partial charge in [0.05, 0.1) is 41.9 Å². The highest BCUT2D eigenvalue weighted by Crippen LogP contribution is 2.34. The molecule has 0 saturated heterocycles. The second-order valence-corrected chi connectivity index (χ2v) is 7.38. The number of hydrogen-bond acceptors (Lipinski definition) is 4. The Morgan fingerprint density at radius 2 is 1.93 bits per heavy atom. The van der Waals surface area contributed by atoms with E-state index in [1.54, 1.807) is 7.11 Å². The highest BCUT2D eigenvalue weighted by molar-refractivity contribution is 6.32. The molecule has 2 aromatic heterocycles. The Balaban J connectivity index is 1.91. The molecule has 0 aliphatic carbocycles. The molecule has 1 aliphatic heterocycles. The first-order valence-electron chi connectivity index (χ1n) is 8.98. The summed E-state index contributed by atoms with van der Waals surface area (Å²) in [7, 11) is 1.62. The van der Waals surface area contributed by atoms with E-state index in [9.17, 15) is 0 Å². The Labute approximate surface area is 163 Å². The van der Waals surface area contributed by atoms with Crippen LogP contribution in [-0.4, -0.2) is 28.0 Å². The van der Waals surface area contributed by atoms with Crippen molar-refractivity contribution < 1.29 is 9.47 Å². The van der Waals surface area contributed by atoms with Crippen LogP contribution in [0.2, 0.25) is 5.02 Å². The Hall–Kier alpha value is -2.37. The number of aryl methyl sites for hydroxylation is 2. The van der Waals surface area contributed by atoms with Gasteiger partial charge in [-0.2, -0.15) is 5.10 Å². The molecule has 0 N–H and O–H groups in total. The average molecular weight is 384 g/mol. The normalized spacial score (nSPS) is 16.3. The number of ether oxygens (including phenoxy) is 2. The molecule has 0 amide bonds. The molecule has 1 aliphatic rings. The maximum Gasteiger partial charge on any atom is 0.139 e. The fourth-order valence-electron chi connectivity index (χ4n) is 3.60. The van der Waals surface area contributed by atoms with Crippen LogP contribution in [0.3, 0.4) is 0 Å². The number of pyridine rings is 1. The van der Waals surface area contributed by atoms with E-state index in [1.807, 2.05) is 36.7 Å². The van der Waals surface area contributed by atoms with Crippen molar-refractivity contribution in [3.8, 4) is 22.7 Å². The second-order valence-electron chi connectivity index (χ2n) is 6.97. The number of rotatable bonds is 3. The van der Waals surface area contributed by atoms with Crippen molar-refractivity contribution in [3.63, 3.8) is 0 Å². The lowest BCUT2D eigenvalue weighted by atomic mass is 10.0. The third-order valence-corrected chi connectivity index (χ3v) is 5.13. The van der Waals surface area contributed by atoms with E-state index in [1.165, 1.54) is 5.69 Å². The van der Waals surface area contributed by atoms with Crippen LogP contribution < -0.4 is 4.74 Å². The Bertz CT molecular complexity index is 993. The zero-order chi connectivity index (χ0) is 19.1. The van der Waals surface area contributed by atoms with Gasteiger partial charge in [0.2, 0.25) is 0 Å². The van der Waals surface area contributed by atoms with Crippen LogP contribution in [0.1, 0.15) is 29.6 Å². The van der Waals surface area contributed by atoms with Crippen LogP contribution in [0, 0.1) is 13.8 Å². The molecule has 1 unspecified atom stereocenters. The summed E-state index contributed by atoms with van der Waals surface area (Å²) in [6, 6.07) is 9.86. The molecule has 1 atom stereocenters. The van der Waals surface area contributed by atoms with Gasteiger partial charge in [0, 0.05) is 35.0 Å². The van der Waals surface area contributed by atoms with Crippen molar-refractivity contribution >= 4 is 11.6 Å². The maximum atomic E-state index is 6.20. The van der Waals surface area contributed by atoms with Gasteiger partial charge in [-0.15, -0.1) is 0 Å². The fraction of sp³-hybridized carbons (Fsp3) is 0.333. The second kappa shape index (κ2) is 6.98. The standard InChI is InChI=1S/C21H22ClN3O2/c1-12-7-15(8-13(2)23-12)21-17-11-27-14(3)9-19(17)25(24-21)16-5-6-18(22)20(10-16)26-4/h5-8,10,14H,9,11H2,1-4H3. The Morgan fingerprint density at radius 1 is 1.19 bits per heavy atom. The quantitative estimate of drug-likeness (QED) is 0.659. The molecular weight excluding hydrogens is 362 g/mol. The Morgan fingerprint density at radius 3 is 2.63 bits per heavy atom. The molecule has 140 valence electrons. The van der Waals surface area contributed by atoms with E-state index >= 15 is 0 Å². The average Bonchev–Trinajstić information content (AvgIpc) is 3.00. The van der Waals surface area contributed by atoms with Gasteiger partial charge in [0.1, 0.15) is 5.75 Å². The van der Waals surface area contributed by atoms with Crippen molar-refractivity contribution in [1.82, 2.24) is 14.8 Å². The lowest BCUT2D eigenvalue weighted by molar-refractivity contribution is 0.0401. The smallest absolute Gasteiger partial charge is 0.139 e.